The van der Waals surface area contributed by atoms with Crippen molar-refractivity contribution in [3.63, 3.8) is 0 Å². The summed E-state index contributed by atoms with van der Waals surface area (Å²) in [6.07, 6.45) is 0.778. The first-order valence-corrected chi connectivity index (χ1v) is 4.93. The maximum absolute atomic E-state index is 11.2. The van der Waals surface area contributed by atoms with E-state index in [9.17, 15) is 18.0 Å². The summed E-state index contributed by atoms with van der Waals surface area (Å²) in [6.45, 7) is 0. The van der Waals surface area contributed by atoms with Crippen LogP contribution < -0.4 is 11.2 Å². The molecule has 1 aromatic heterocycles. The van der Waals surface area contributed by atoms with Gasteiger partial charge in [0.2, 0.25) is 0 Å². The summed E-state index contributed by atoms with van der Waals surface area (Å²) < 4.78 is 31.5. The SMILES string of the molecule is Cl.Cn1cc(S(=O)(=O)O)c(=O)n(C)c1=O. The van der Waals surface area contributed by atoms with Gasteiger partial charge in [-0.2, -0.15) is 8.42 Å². The van der Waals surface area contributed by atoms with Crippen molar-refractivity contribution < 1.29 is 13.0 Å². The molecule has 86 valence electrons. The molecule has 0 aliphatic carbocycles. The minimum atomic E-state index is -4.59. The number of aromatic nitrogens is 2. The van der Waals surface area contributed by atoms with Crippen LogP contribution in [0.1, 0.15) is 0 Å². The molecule has 7 nitrogen and oxygen atoms in total. The second kappa shape index (κ2) is 4.17. The van der Waals surface area contributed by atoms with Crippen LogP contribution in [-0.4, -0.2) is 22.1 Å². The van der Waals surface area contributed by atoms with E-state index in [-0.39, 0.29) is 12.4 Å². The maximum atomic E-state index is 11.2. The Hall–Kier alpha value is -1.12. The van der Waals surface area contributed by atoms with E-state index in [4.69, 9.17) is 4.55 Å². The minimum Gasteiger partial charge on any atom is -0.302 e. The maximum Gasteiger partial charge on any atom is 0.330 e. The number of nitrogens with zero attached hydrogens (tertiary/aromatic N) is 2. The van der Waals surface area contributed by atoms with Gasteiger partial charge in [0, 0.05) is 20.3 Å². The molecule has 0 saturated carbocycles. The van der Waals surface area contributed by atoms with Gasteiger partial charge < -0.3 is 4.57 Å². The first-order valence-electron chi connectivity index (χ1n) is 3.49. The van der Waals surface area contributed by atoms with E-state index < -0.39 is 26.3 Å². The lowest BCUT2D eigenvalue weighted by Crippen LogP contribution is -2.39. The largest absolute Gasteiger partial charge is 0.330 e. The highest BCUT2D eigenvalue weighted by molar-refractivity contribution is 7.85. The second-order valence-corrected chi connectivity index (χ2v) is 4.12. The topological polar surface area (TPSA) is 98.4 Å². The summed E-state index contributed by atoms with van der Waals surface area (Å²) >= 11 is 0. The van der Waals surface area contributed by atoms with Crippen LogP contribution in [0.5, 0.6) is 0 Å². The number of halogens is 1. The predicted molar refractivity (Wildman–Crippen MR) is 54.0 cm³/mol. The van der Waals surface area contributed by atoms with Crippen LogP contribution in [0.15, 0.2) is 20.7 Å². The van der Waals surface area contributed by atoms with Crippen molar-refractivity contribution in [3.8, 4) is 0 Å². The van der Waals surface area contributed by atoms with Crippen LogP contribution in [-0.2, 0) is 24.2 Å². The molecule has 0 aromatic carbocycles. The molecule has 0 saturated heterocycles. The fourth-order valence-electron chi connectivity index (χ4n) is 0.952. The van der Waals surface area contributed by atoms with Gasteiger partial charge in [0.25, 0.3) is 5.56 Å². The molecule has 0 spiro atoms. The zero-order valence-electron chi connectivity index (χ0n) is 7.87. The highest BCUT2D eigenvalue weighted by Crippen LogP contribution is 1.97. The molecule has 9 heteroatoms. The Labute approximate surface area is 91.1 Å². The summed E-state index contributed by atoms with van der Waals surface area (Å²) in [5.41, 5.74) is -1.71. The zero-order valence-corrected chi connectivity index (χ0v) is 9.50. The van der Waals surface area contributed by atoms with Crippen molar-refractivity contribution in [2.75, 3.05) is 0 Å². The summed E-state index contributed by atoms with van der Waals surface area (Å²) in [7, 11) is -2.19. The summed E-state index contributed by atoms with van der Waals surface area (Å²) in [5.74, 6) is 0. The highest BCUT2D eigenvalue weighted by atomic mass is 35.5. The Morgan fingerprint density at radius 1 is 1.27 bits per heavy atom. The number of rotatable bonds is 1. The zero-order chi connectivity index (χ0) is 11.1. The van der Waals surface area contributed by atoms with Crippen molar-refractivity contribution >= 4 is 22.5 Å². The monoisotopic (exact) mass is 256 g/mol. The van der Waals surface area contributed by atoms with Gasteiger partial charge >= 0.3 is 15.8 Å². The molecule has 0 atom stereocenters. The minimum absolute atomic E-state index is 0. The van der Waals surface area contributed by atoms with E-state index in [0.29, 0.717) is 4.57 Å². The molecule has 0 aliphatic heterocycles. The molecular formula is C6H9ClN2O5S. The van der Waals surface area contributed by atoms with Gasteiger partial charge in [-0.25, -0.2) is 4.79 Å². The lowest BCUT2D eigenvalue weighted by atomic mass is 10.6. The van der Waals surface area contributed by atoms with Crippen LogP contribution in [0.25, 0.3) is 0 Å². The van der Waals surface area contributed by atoms with E-state index >= 15 is 0 Å². The third-order valence-corrected chi connectivity index (χ3v) is 2.53. The third-order valence-electron chi connectivity index (χ3n) is 1.69. The molecule has 0 fully saturated rings. The Balaban J connectivity index is 0.00000196. The average molecular weight is 257 g/mol. The quantitative estimate of drug-likeness (QED) is 0.633. The van der Waals surface area contributed by atoms with Gasteiger partial charge in [-0.3, -0.25) is 13.9 Å². The summed E-state index contributed by atoms with van der Waals surface area (Å²) in [4.78, 5) is 21.5. The van der Waals surface area contributed by atoms with Crippen molar-refractivity contribution in [1.82, 2.24) is 9.13 Å². The number of hydrogen-bond donors (Lipinski definition) is 1. The second-order valence-electron chi connectivity index (χ2n) is 2.73. The fraction of sp³-hybridized carbons (Fsp3) is 0.333. The number of aryl methyl sites for hydroxylation is 1. The molecule has 1 aromatic rings. The number of hydrogen-bond acceptors (Lipinski definition) is 4. The molecule has 1 rings (SSSR count). The molecule has 0 amide bonds. The van der Waals surface area contributed by atoms with Crippen LogP contribution >= 0.6 is 12.4 Å². The fourth-order valence-corrected chi connectivity index (χ4v) is 1.60. The lowest BCUT2D eigenvalue weighted by molar-refractivity contribution is 0.477. The van der Waals surface area contributed by atoms with Gasteiger partial charge in [0.05, 0.1) is 0 Å². The Kier molecular flexibility index (Phi) is 3.86. The Morgan fingerprint density at radius 2 is 1.73 bits per heavy atom. The Morgan fingerprint density at radius 3 is 2.13 bits per heavy atom. The Bertz CT molecular complexity index is 585. The van der Waals surface area contributed by atoms with Gasteiger partial charge in [-0.05, 0) is 0 Å². The van der Waals surface area contributed by atoms with Crippen LogP contribution in [0.2, 0.25) is 0 Å². The molecule has 0 aliphatic rings. The highest BCUT2D eigenvalue weighted by Gasteiger charge is 2.17. The first kappa shape index (κ1) is 13.9. The van der Waals surface area contributed by atoms with Crippen molar-refractivity contribution in [2.24, 2.45) is 14.1 Å². The van der Waals surface area contributed by atoms with E-state index in [1.807, 2.05) is 0 Å². The molecule has 1 heterocycles. The van der Waals surface area contributed by atoms with E-state index in [0.717, 1.165) is 17.8 Å². The van der Waals surface area contributed by atoms with Gasteiger partial charge in [0.15, 0.2) is 4.90 Å². The van der Waals surface area contributed by atoms with Crippen LogP contribution in [0, 0.1) is 0 Å². The van der Waals surface area contributed by atoms with E-state index in [2.05, 4.69) is 0 Å². The van der Waals surface area contributed by atoms with Gasteiger partial charge in [0.1, 0.15) is 0 Å². The summed E-state index contributed by atoms with van der Waals surface area (Å²) in [5, 5.41) is 0. The molecular weight excluding hydrogens is 248 g/mol. The lowest BCUT2D eigenvalue weighted by Gasteiger charge is -2.03. The molecule has 0 bridgehead atoms. The molecule has 15 heavy (non-hydrogen) atoms. The van der Waals surface area contributed by atoms with E-state index in [1.165, 1.54) is 7.05 Å². The summed E-state index contributed by atoms with van der Waals surface area (Å²) in [6, 6.07) is 0. The smallest absolute Gasteiger partial charge is 0.302 e. The average Bonchev–Trinajstić information content (AvgIpc) is 2.06. The molecule has 0 radical (unpaired) electrons. The first-order chi connectivity index (χ1) is 6.25. The van der Waals surface area contributed by atoms with Crippen LogP contribution in [0.4, 0.5) is 0 Å². The van der Waals surface area contributed by atoms with Gasteiger partial charge in [-0.1, -0.05) is 0 Å². The van der Waals surface area contributed by atoms with Gasteiger partial charge in [-0.15, -0.1) is 12.4 Å². The van der Waals surface area contributed by atoms with Crippen molar-refractivity contribution in [2.45, 2.75) is 4.90 Å². The van der Waals surface area contributed by atoms with Crippen molar-refractivity contribution in [1.29, 1.82) is 0 Å². The van der Waals surface area contributed by atoms with Crippen LogP contribution in [0.3, 0.4) is 0 Å². The standard InChI is InChI=1S/C6H8N2O5S.ClH/c1-7-3-4(14(11,12)13)5(9)8(2)6(7)10;/h3H,1-2H3,(H,11,12,13);1H. The van der Waals surface area contributed by atoms with Crippen molar-refractivity contribution in [3.05, 3.63) is 27.0 Å². The molecule has 1 N–H and O–H groups in total. The van der Waals surface area contributed by atoms with E-state index in [1.54, 1.807) is 0 Å². The third kappa shape index (κ3) is 2.46. The normalized spacial score (nSPS) is 10.9. The predicted octanol–water partition coefficient (Wildman–Crippen LogP) is -1.25. The molecule has 0 unspecified atom stereocenters.